The molecule has 0 saturated carbocycles. The summed E-state index contributed by atoms with van der Waals surface area (Å²) in [7, 11) is 2.09. The predicted octanol–water partition coefficient (Wildman–Crippen LogP) is 1.34. The van der Waals surface area contributed by atoms with E-state index in [2.05, 4.69) is 34.4 Å². The Bertz CT molecular complexity index is 653. The number of hydrogen-bond acceptors (Lipinski definition) is 5. The number of carbonyl (C=O) groups is 1. The van der Waals surface area contributed by atoms with Crippen LogP contribution in [0.1, 0.15) is 16.1 Å². The van der Waals surface area contributed by atoms with Gasteiger partial charge in [0.05, 0.1) is 23.5 Å². The van der Waals surface area contributed by atoms with Gasteiger partial charge in [0.1, 0.15) is 12.0 Å². The number of para-hydroxylation sites is 2. The van der Waals surface area contributed by atoms with E-state index < -0.39 is 0 Å². The predicted molar refractivity (Wildman–Crippen MR) is 81.1 cm³/mol. The van der Waals surface area contributed by atoms with Crippen LogP contribution in [0.2, 0.25) is 0 Å². The molecule has 3 N–H and O–H groups in total. The minimum atomic E-state index is -0.344. The Labute approximate surface area is 123 Å². The largest absolute Gasteiger partial charge is 0.467 e. The molecule has 110 valence electrons. The van der Waals surface area contributed by atoms with Crippen LogP contribution in [-0.2, 0) is 6.54 Å². The van der Waals surface area contributed by atoms with Crippen molar-refractivity contribution in [1.82, 2.24) is 5.43 Å². The van der Waals surface area contributed by atoms with Gasteiger partial charge in [0, 0.05) is 20.1 Å². The quantitative estimate of drug-likeness (QED) is 0.506. The van der Waals surface area contributed by atoms with Crippen molar-refractivity contribution in [3.05, 3.63) is 47.9 Å². The maximum Gasteiger partial charge on any atom is 0.268 e. The molecule has 0 radical (unpaired) electrons. The number of nitrogens with one attached hydrogen (secondary N) is 1. The van der Waals surface area contributed by atoms with E-state index in [9.17, 15) is 4.79 Å². The molecule has 0 aliphatic carbocycles. The van der Waals surface area contributed by atoms with Crippen LogP contribution in [0.5, 0.6) is 0 Å². The molecular formula is C15H18N4O2. The second kappa shape index (κ2) is 5.49. The van der Waals surface area contributed by atoms with E-state index in [1.807, 2.05) is 12.1 Å². The maximum absolute atomic E-state index is 11.4. The number of anilines is 2. The molecule has 3 rings (SSSR count). The van der Waals surface area contributed by atoms with Gasteiger partial charge in [0.25, 0.3) is 5.91 Å². The van der Waals surface area contributed by atoms with Crippen LogP contribution in [0.4, 0.5) is 11.4 Å². The smallest absolute Gasteiger partial charge is 0.268 e. The minimum absolute atomic E-state index is 0.344. The van der Waals surface area contributed by atoms with Crippen molar-refractivity contribution in [3.63, 3.8) is 0 Å². The maximum atomic E-state index is 11.4. The van der Waals surface area contributed by atoms with E-state index in [0.717, 1.165) is 18.8 Å². The summed E-state index contributed by atoms with van der Waals surface area (Å²) >= 11 is 0. The zero-order valence-electron chi connectivity index (χ0n) is 11.9. The fourth-order valence-corrected chi connectivity index (χ4v) is 2.58. The van der Waals surface area contributed by atoms with Crippen LogP contribution in [0.25, 0.3) is 0 Å². The SMILES string of the molecule is CN1CCN(Cc2cc(C(=O)NN)co2)c2ccccc21. The average Bonchev–Trinajstić information content (AvgIpc) is 2.98. The number of hydrogen-bond donors (Lipinski definition) is 2. The zero-order chi connectivity index (χ0) is 14.8. The van der Waals surface area contributed by atoms with E-state index in [-0.39, 0.29) is 5.91 Å². The van der Waals surface area contributed by atoms with Crippen LogP contribution < -0.4 is 21.1 Å². The lowest BCUT2D eigenvalue weighted by molar-refractivity contribution is 0.0953. The molecule has 0 spiro atoms. The van der Waals surface area contributed by atoms with Gasteiger partial charge in [-0.1, -0.05) is 12.1 Å². The minimum Gasteiger partial charge on any atom is -0.467 e. The van der Waals surface area contributed by atoms with Gasteiger partial charge < -0.3 is 14.2 Å². The van der Waals surface area contributed by atoms with E-state index in [1.165, 1.54) is 17.6 Å². The highest BCUT2D eigenvalue weighted by Crippen LogP contribution is 2.32. The molecule has 0 bridgehead atoms. The van der Waals surface area contributed by atoms with Gasteiger partial charge in [0.2, 0.25) is 0 Å². The summed E-state index contributed by atoms with van der Waals surface area (Å²) in [6, 6.07) is 10.00. The van der Waals surface area contributed by atoms with Crippen molar-refractivity contribution in [3.8, 4) is 0 Å². The van der Waals surface area contributed by atoms with Crippen molar-refractivity contribution < 1.29 is 9.21 Å². The number of likely N-dealkylation sites (N-methyl/N-ethyl adjacent to an activating group) is 1. The van der Waals surface area contributed by atoms with E-state index in [1.54, 1.807) is 6.07 Å². The lowest BCUT2D eigenvalue weighted by Crippen LogP contribution is -2.38. The first-order chi connectivity index (χ1) is 10.2. The Hall–Kier alpha value is -2.47. The third kappa shape index (κ3) is 2.57. The highest BCUT2D eigenvalue weighted by atomic mass is 16.3. The molecule has 21 heavy (non-hydrogen) atoms. The molecule has 1 aromatic heterocycles. The number of fused-ring (bicyclic) bond motifs is 1. The van der Waals surface area contributed by atoms with Crippen molar-refractivity contribution in [2.24, 2.45) is 5.84 Å². The number of rotatable bonds is 3. The lowest BCUT2D eigenvalue weighted by atomic mass is 10.1. The number of nitrogens with two attached hydrogens (primary N) is 1. The standard InChI is InChI=1S/C15H18N4O2/c1-18-6-7-19(14-5-3-2-4-13(14)18)9-12-8-11(10-21-12)15(20)17-16/h2-5,8,10H,6-7,9,16H2,1H3,(H,17,20). The van der Waals surface area contributed by atoms with Gasteiger partial charge in [0.15, 0.2) is 0 Å². The molecule has 0 saturated heterocycles. The summed E-state index contributed by atoms with van der Waals surface area (Å²) in [6.07, 6.45) is 1.43. The Morgan fingerprint density at radius 2 is 2.10 bits per heavy atom. The fourth-order valence-electron chi connectivity index (χ4n) is 2.58. The highest BCUT2D eigenvalue weighted by Gasteiger charge is 2.21. The van der Waals surface area contributed by atoms with Crippen molar-refractivity contribution in [2.45, 2.75) is 6.54 Å². The molecule has 0 fully saturated rings. The van der Waals surface area contributed by atoms with Crippen LogP contribution >= 0.6 is 0 Å². The molecular weight excluding hydrogens is 268 g/mol. The van der Waals surface area contributed by atoms with Crippen molar-refractivity contribution >= 4 is 17.3 Å². The van der Waals surface area contributed by atoms with Gasteiger partial charge in [-0.25, -0.2) is 5.84 Å². The second-order valence-corrected chi connectivity index (χ2v) is 5.11. The first-order valence-corrected chi connectivity index (χ1v) is 6.82. The van der Waals surface area contributed by atoms with Crippen molar-refractivity contribution in [1.29, 1.82) is 0 Å². The van der Waals surface area contributed by atoms with E-state index >= 15 is 0 Å². The molecule has 1 aromatic carbocycles. The van der Waals surface area contributed by atoms with Crippen LogP contribution in [0.15, 0.2) is 41.0 Å². The fraction of sp³-hybridized carbons (Fsp3) is 0.267. The number of amides is 1. The molecule has 0 unspecified atom stereocenters. The molecule has 1 amide bonds. The summed E-state index contributed by atoms with van der Waals surface area (Å²) in [6.45, 7) is 2.49. The summed E-state index contributed by atoms with van der Waals surface area (Å²) in [5, 5.41) is 0. The summed E-state index contributed by atoms with van der Waals surface area (Å²) in [5.74, 6) is 5.52. The number of nitrogens with zero attached hydrogens (tertiary/aromatic N) is 2. The van der Waals surface area contributed by atoms with Gasteiger partial charge in [-0.2, -0.15) is 0 Å². The molecule has 2 aromatic rings. The molecule has 1 aliphatic rings. The number of nitrogen functional groups attached to an aromatic ring is 1. The highest BCUT2D eigenvalue weighted by molar-refractivity contribution is 5.93. The van der Waals surface area contributed by atoms with Crippen LogP contribution in [-0.4, -0.2) is 26.0 Å². The van der Waals surface area contributed by atoms with Crippen LogP contribution in [0, 0.1) is 0 Å². The van der Waals surface area contributed by atoms with Gasteiger partial charge >= 0.3 is 0 Å². The van der Waals surface area contributed by atoms with Gasteiger partial charge in [-0.3, -0.25) is 10.2 Å². The Morgan fingerprint density at radius 1 is 1.33 bits per heavy atom. The second-order valence-electron chi connectivity index (χ2n) is 5.11. The third-order valence-electron chi connectivity index (χ3n) is 3.73. The van der Waals surface area contributed by atoms with Gasteiger partial charge in [-0.15, -0.1) is 0 Å². The first kappa shape index (κ1) is 13.5. The molecule has 6 nitrogen and oxygen atoms in total. The summed E-state index contributed by atoms with van der Waals surface area (Å²) < 4.78 is 5.46. The molecule has 1 aliphatic heterocycles. The number of furan rings is 1. The zero-order valence-corrected chi connectivity index (χ0v) is 11.9. The normalized spacial score (nSPS) is 14.0. The number of carbonyl (C=O) groups excluding carboxylic acids is 1. The molecule has 0 atom stereocenters. The topological polar surface area (TPSA) is 74.7 Å². The number of benzene rings is 1. The number of hydrazine groups is 1. The average molecular weight is 286 g/mol. The van der Waals surface area contributed by atoms with E-state index in [4.69, 9.17) is 10.3 Å². The monoisotopic (exact) mass is 286 g/mol. The molecule has 6 heteroatoms. The van der Waals surface area contributed by atoms with Crippen molar-refractivity contribution in [2.75, 3.05) is 29.9 Å². The summed E-state index contributed by atoms with van der Waals surface area (Å²) in [4.78, 5) is 15.9. The Kier molecular flexibility index (Phi) is 3.53. The Balaban J connectivity index is 1.81. The third-order valence-corrected chi connectivity index (χ3v) is 3.73. The lowest BCUT2D eigenvalue weighted by Gasteiger charge is -2.36. The van der Waals surface area contributed by atoms with Gasteiger partial charge in [-0.05, 0) is 18.2 Å². The van der Waals surface area contributed by atoms with E-state index in [0.29, 0.717) is 12.1 Å². The first-order valence-electron chi connectivity index (χ1n) is 6.82. The summed E-state index contributed by atoms with van der Waals surface area (Å²) in [5.41, 5.74) is 4.92. The molecule has 2 heterocycles. The Morgan fingerprint density at radius 3 is 2.86 bits per heavy atom. The van der Waals surface area contributed by atoms with Crippen LogP contribution in [0.3, 0.4) is 0 Å².